The first kappa shape index (κ1) is 26.9. The first-order valence-corrected chi connectivity index (χ1v) is 13.3. The van der Waals surface area contributed by atoms with E-state index in [1.807, 2.05) is 20.8 Å². The van der Waals surface area contributed by atoms with E-state index in [9.17, 15) is 9.59 Å². The standard InChI is InChI=1S/C26H49N3O3/c1-5-6-7-8-9-10-18-27-22-15-11-13-21(14-12-16-22)24(30)28-23-17-19-29(20-23)25(31)32-26(2,3)4/h21-23,27H,5-20H2,1-4H3,(H,28,30). The third-order valence-electron chi connectivity index (χ3n) is 6.73. The van der Waals surface area contributed by atoms with Crippen LogP contribution in [0.15, 0.2) is 0 Å². The molecule has 0 aromatic carbocycles. The molecule has 2 N–H and O–H groups in total. The average Bonchev–Trinajstić information content (AvgIpc) is 3.16. The van der Waals surface area contributed by atoms with Gasteiger partial charge in [0.25, 0.3) is 0 Å². The van der Waals surface area contributed by atoms with Gasteiger partial charge in [0, 0.05) is 31.1 Å². The molecule has 1 aliphatic carbocycles. The van der Waals surface area contributed by atoms with Crippen LogP contribution in [-0.2, 0) is 9.53 Å². The van der Waals surface area contributed by atoms with Gasteiger partial charge in [-0.1, -0.05) is 51.9 Å². The van der Waals surface area contributed by atoms with Crippen LogP contribution in [0.4, 0.5) is 4.79 Å². The minimum atomic E-state index is -0.487. The van der Waals surface area contributed by atoms with Gasteiger partial charge in [-0.25, -0.2) is 4.79 Å². The smallest absolute Gasteiger partial charge is 0.410 e. The van der Waals surface area contributed by atoms with Crippen LogP contribution in [0.25, 0.3) is 0 Å². The Bertz CT molecular complexity index is 551. The predicted molar refractivity (Wildman–Crippen MR) is 131 cm³/mol. The van der Waals surface area contributed by atoms with E-state index in [0.29, 0.717) is 19.1 Å². The molecule has 1 saturated carbocycles. The quantitative estimate of drug-likeness (QED) is 0.436. The van der Waals surface area contributed by atoms with E-state index in [4.69, 9.17) is 4.74 Å². The van der Waals surface area contributed by atoms with Crippen LogP contribution in [0.2, 0.25) is 0 Å². The van der Waals surface area contributed by atoms with Crippen molar-refractivity contribution < 1.29 is 14.3 Å². The topological polar surface area (TPSA) is 70.7 Å². The highest BCUT2D eigenvalue weighted by molar-refractivity contribution is 5.79. The molecule has 0 spiro atoms. The van der Waals surface area contributed by atoms with E-state index >= 15 is 0 Å². The predicted octanol–water partition coefficient (Wildman–Crippen LogP) is 5.40. The van der Waals surface area contributed by atoms with Crippen molar-refractivity contribution in [2.45, 2.75) is 129 Å². The summed E-state index contributed by atoms with van der Waals surface area (Å²) in [5.74, 6) is 0.296. The van der Waals surface area contributed by atoms with Gasteiger partial charge in [-0.3, -0.25) is 4.79 Å². The first-order valence-electron chi connectivity index (χ1n) is 13.3. The minimum absolute atomic E-state index is 0.0483. The molecule has 2 amide bonds. The highest BCUT2D eigenvalue weighted by atomic mass is 16.6. The molecule has 186 valence electrons. The van der Waals surface area contributed by atoms with E-state index in [1.54, 1.807) is 4.90 Å². The SMILES string of the molecule is CCCCCCCCNC1CCCC(C(=O)NC2CCN(C(=O)OC(C)(C)C)C2)CCC1. The van der Waals surface area contributed by atoms with Crippen LogP contribution in [0.3, 0.4) is 0 Å². The summed E-state index contributed by atoms with van der Waals surface area (Å²) in [5, 5.41) is 6.98. The van der Waals surface area contributed by atoms with Crippen molar-refractivity contribution in [3.63, 3.8) is 0 Å². The maximum Gasteiger partial charge on any atom is 0.410 e. The third kappa shape index (κ3) is 10.5. The van der Waals surface area contributed by atoms with Crippen molar-refractivity contribution in [2.75, 3.05) is 19.6 Å². The Morgan fingerprint density at radius 1 is 0.906 bits per heavy atom. The van der Waals surface area contributed by atoms with E-state index in [2.05, 4.69) is 17.6 Å². The van der Waals surface area contributed by atoms with Crippen molar-refractivity contribution in [3.05, 3.63) is 0 Å². The summed E-state index contributed by atoms with van der Waals surface area (Å²) in [6.45, 7) is 10.2. The summed E-state index contributed by atoms with van der Waals surface area (Å²) in [4.78, 5) is 26.8. The van der Waals surface area contributed by atoms with Gasteiger partial charge >= 0.3 is 6.09 Å². The number of hydrogen-bond acceptors (Lipinski definition) is 4. The van der Waals surface area contributed by atoms with Crippen LogP contribution in [0.1, 0.15) is 111 Å². The molecule has 2 aliphatic rings. The number of unbranched alkanes of at least 4 members (excludes halogenated alkanes) is 5. The van der Waals surface area contributed by atoms with Gasteiger partial charge in [0.15, 0.2) is 0 Å². The molecule has 6 nitrogen and oxygen atoms in total. The largest absolute Gasteiger partial charge is 0.444 e. The molecule has 1 aliphatic heterocycles. The average molecular weight is 452 g/mol. The van der Waals surface area contributed by atoms with E-state index in [-0.39, 0.29) is 24.0 Å². The second-order valence-electron chi connectivity index (χ2n) is 10.9. The zero-order valence-electron chi connectivity index (χ0n) is 21.2. The van der Waals surface area contributed by atoms with Crippen LogP contribution in [0, 0.1) is 5.92 Å². The van der Waals surface area contributed by atoms with E-state index in [1.165, 1.54) is 51.4 Å². The lowest BCUT2D eigenvalue weighted by molar-refractivity contribution is -0.126. The summed E-state index contributed by atoms with van der Waals surface area (Å²) in [6.07, 6.45) is 15.1. The van der Waals surface area contributed by atoms with Crippen molar-refractivity contribution in [2.24, 2.45) is 5.92 Å². The first-order chi connectivity index (χ1) is 15.3. The number of likely N-dealkylation sites (tertiary alicyclic amines) is 1. The second kappa shape index (κ2) is 14.1. The molecule has 0 aromatic rings. The van der Waals surface area contributed by atoms with E-state index in [0.717, 1.165) is 38.6 Å². The number of carbonyl (C=O) groups excluding carboxylic acids is 2. The fourth-order valence-corrected chi connectivity index (χ4v) is 4.88. The number of nitrogens with one attached hydrogen (secondary N) is 2. The summed E-state index contributed by atoms with van der Waals surface area (Å²) >= 11 is 0. The number of rotatable bonds is 10. The molecule has 1 unspecified atom stereocenters. The van der Waals surface area contributed by atoms with Crippen LogP contribution in [-0.4, -0.2) is 54.2 Å². The number of carbonyl (C=O) groups is 2. The maximum atomic E-state index is 12.9. The molecule has 6 heteroatoms. The molecule has 32 heavy (non-hydrogen) atoms. The highest BCUT2D eigenvalue weighted by Gasteiger charge is 2.32. The van der Waals surface area contributed by atoms with Crippen molar-refractivity contribution >= 4 is 12.0 Å². The summed E-state index contributed by atoms with van der Waals surface area (Å²) < 4.78 is 5.46. The molecular formula is C26H49N3O3. The number of hydrogen-bond donors (Lipinski definition) is 2. The summed E-state index contributed by atoms with van der Waals surface area (Å²) in [5.41, 5.74) is -0.487. The lowest BCUT2D eigenvalue weighted by Gasteiger charge is -2.26. The lowest BCUT2D eigenvalue weighted by Crippen LogP contribution is -2.42. The van der Waals surface area contributed by atoms with E-state index < -0.39 is 5.60 Å². The molecule has 2 fully saturated rings. The molecule has 0 aromatic heterocycles. The zero-order valence-corrected chi connectivity index (χ0v) is 21.2. The fraction of sp³-hybridized carbons (Fsp3) is 0.923. The van der Waals surface area contributed by atoms with Gasteiger partial charge in [-0.15, -0.1) is 0 Å². The van der Waals surface area contributed by atoms with Crippen LogP contribution in [0.5, 0.6) is 0 Å². The van der Waals surface area contributed by atoms with Crippen LogP contribution < -0.4 is 10.6 Å². The molecule has 1 saturated heterocycles. The van der Waals surface area contributed by atoms with Gasteiger partial charge in [0.1, 0.15) is 5.60 Å². The van der Waals surface area contributed by atoms with Gasteiger partial charge < -0.3 is 20.3 Å². The zero-order chi connectivity index (χ0) is 23.4. The summed E-state index contributed by atoms with van der Waals surface area (Å²) in [6, 6.07) is 0.666. The molecule has 1 heterocycles. The highest BCUT2D eigenvalue weighted by Crippen LogP contribution is 2.24. The number of nitrogens with zero attached hydrogens (tertiary/aromatic N) is 1. The Morgan fingerprint density at radius 2 is 1.56 bits per heavy atom. The Hall–Kier alpha value is -1.30. The molecule has 1 atom stereocenters. The number of amides is 2. The van der Waals surface area contributed by atoms with Gasteiger partial charge in [0.05, 0.1) is 0 Å². The Labute approximate surface area is 196 Å². The van der Waals surface area contributed by atoms with Crippen LogP contribution >= 0.6 is 0 Å². The Morgan fingerprint density at radius 3 is 2.22 bits per heavy atom. The Balaban J connectivity index is 1.62. The normalized spacial score (nSPS) is 24.6. The van der Waals surface area contributed by atoms with Gasteiger partial charge in [0.2, 0.25) is 5.91 Å². The molecular weight excluding hydrogens is 402 g/mol. The van der Waals surface area contributed by atoms with Crippen molar-refractivity contribution in [1.82, 2.24) is 15.5 Å². The monoisotopic (exact) mass is 451 g/mol. The maximum absolute atomic E-state index is 12.9. The Kier molecular flexibility index (Phi) is 11.8. The van der Waals surface area contributed by atoms with Crippen molar-refractivity contribution in [1.29, 1.82) is 0 Å². The third-order valence-corrected chi connectivity index (χ3v) is 6.73. The minimum Gasteiger partial charge on any atom is -0.444 e. The molecule has 0 radical (unpaired) electrons. The molecule has 2 rings (SSSR count). The van der Waals surface area contributed by atoms with Crippen molar-refractivity contribution in [3.8, 4) is 0 Å². The lowest BCUT2D eigenvalue weighted by atomic mass is 9.88. The summed E-state index contributed by atoms with van der Waals surface area (Å²) in [7, 11) is 0. The van der Waals surface area contributed by atoms with Gasteiger partial charge in [-0.2, -0.15) is 0 Å². The second-order valence-corrected chi connectivity index (χ2v) is 10.9. The number of ether oxygens (including phenoxy) is 1. The molecule has 0 bridgehead atoms. The fourth-order valence-electron chi connectivity index (χ4n) is 4.88. The van der Waals surface area contributed by atoms with Gasteiger partial charge in [-0.05, 0) is 65.8 Å².